The van der Waals surface area contributed by atoms with Crippen molar-refractivity contribution < 1.29 is 4.74 Å². The van der Waals surface area contributed by atoms with Gasteiger partial charge in [-0.2, -0.15) is 0 Å². The van der Waals surface area contributed by atoms with Gasteiger partial charge in [-0.3, -0.25) is 0 Å². The summed E-state index contributed by atoms with van der Waals surface area (Å²) >= 11 is 9.20. The van der Waals surface area contributed by atoms with Crippen LogP contribution >= 0.6 is 27.5 Å². The minimum atomic E-state index is 0.620. The third kappa shape index (κ3) is 1.40. The third-order valence-electron chi connectivity index (χ3n) is 1.73. The quantitative estimate of drug-likeness (QED) is 0.789. The fourth-order valence-corrected chi connectivity index (χ4v) is 1.88. The lowest BCUT2D eigenvalue weighted by Gasteiger charge is -2.03. The van der Waals surface area contributed by atoms with Crippen molar-refractivity contribution in [2.24, 2.45) is 0 Å². The second-order valence-corrected chi connectivity index (χ2v) is 3.71. The molecule has 13 heavy (non-hydrogen) atoms. The van der Waals surface area contributed by atoms with Crippen molar-refractivity contribution in [3.63, 3.8) is 0 Å². The highest BCUT2D eigenvalue weighted by Gasteiger charge is 2.08. The molecule has 0 saturated heterocycles. The summed E-state index contributed by atoms with van der Waals surface area (Å²) < 4.78 is 7.73. The Morgan fingerprint density at radius 2 is 2.38 bits per heavy atom. The maximum atomic E-state index is 5.87. The predicted molar refractivity (Wildman–Crippen MR) is 54.5 cm³/mol. The van der Waals surface area contributed by atoms with Crippen LogP contribution in [0.4, 0.5) is 0 Å². The second kappa shape index (κ2) is 3.20. The standard InChI is InChI=1S/C8H6BrClN2O/c1-13-6-2-5(10)3-12-4-11-8(9)7(6)12/h2-4H,1H3. The van der Waals surface area contributed by atoms with Crippen molar-refractivity contribution in [3.05, 3.63) is 28.2 Å². The Morgan fingerprint density at radius 1 is 1.62 bits per heavy atom. The SMILES string of the molecule is COc1cc(Cl)cn2cnc(Br)c12. The lowest BCUT2D eigenvalue weighted by Crippen LogP contribution is -1.89. The molecule has 0 spiro atoms. The van der Waals surface area contributed by atoms with Crippen molar-refractivity contribution in [2.75, 3.05) is 7.11 Å². The minimum absolute atomic E-state index is 0.620. The molecule has 2 heterocycles. The maximum absolute atomic E-state index is 5.87. The van der Waals surface area contributed by atoms with Gasteiger partial charge in [0, 0.05) is 12.3 Å². The van der Waals surface area contributed by atoms with E-state index in [-0.39, 0.29) is 0 Å². The molecule has 5 heteroatoms. The van der Waals surface area contributed by atoms with E-state index in [1.54, 1.807) is 25.7 Å². The van der Waals surface area contributed by atoms with E-state index in [0.717, 1.165) is 10.1 Å². The summed E-state index contributed by atoms with van der Waals surface area (Å²) in [7, 11) is 1.60. The van der Waals surface area contributed by atoms with Crippen LogP contribution in [0.15, 0.2) is 23.2 Å². The van der Waals surface area contributed by atoms with Gasteiger partial charge in [0.25, 0.3) is 0 Å². The Bertz CT molecular complexity index is 455. The monoisotopic (exact) mass is 260 g/mol. The number of hydrogen-bond acceptors (Lipinski definition) is 2. The van der Waals surface area contributed by atoms with Crippen molar-refractivity contribution in [1.29, 1.82) is 0 Å². The summed E-state index contributed by atoms with van der Waals surface area (Å²) in [6.07, 6.45) is 3.45. The second-order valence-electron chi connectivity index (χ2n) is 2.52. The van der Waals surface area contributed by atoms with E-state index in [9.17, 15) is 0 Å². The number of methoxy groups -OCH3 is 1. The Balaban J connectivity index is 2.85. The number of hydrogen-bond donors (Lipinski definition) is 0. The van der Waals surface area contributed by atoms with E-state index in [2.05, 4.69) is 20.9 Å². The van der Waals surface area contributed by atoms with E-state index in [4.69, 9.17) is 16.3 Å². The van der Waals surface area contributed by atoms with Gasteiger partial charge >= 0.3 is 0 Å². The molecule has 0 amide bonds. The molecule has 0 fully saturated rings. The molecular weight excluding hydrogens is 255 g/mol. The van der Waals surface area contributed by atoms with Gasteiger partial charge < -0.3 is 9.14 Å². The average molecular weight is 262 g/mol. The van der Waals surface area contributed by atoms with Crippen molar-refractivity contribution in [2.45, 2.75) is 0 Å². The van der Waals surface area contributed by atoms with E-state index in [0.29, 0.717) is 10.8 Å². The highest BCUT2D eigenvalue weighted by atomic mass is 79.9. The number of fused-ring (bicyclic) bond motifs is 1. The highest BCUT2D eigenvalue weighted by Crippen LogP contribution is 2.29. The van der Waals surface area contributed by atoms with Crippen molar-refractivity contribution in [1.82, 2.24) is 9.38 Å². The lowest BCUT2D eigenvalue weighted by molar-refractivity contribution is 0.418. The van der Waals surface area contributed by atoms with E-state index < -0.39 is 0 Å². The molecule has 0 aliphatic carbocycles. The molecule has 0 aliphatic rings. The maximum Gasteiger partial charge on any atom is 0.147 e. The molecule has 3 nitrogen and oxygen atoms in total. The molecule has 0 aliphatic heterocycles. The van der Waals surface area contributed by atoms with Gasteiger partial charge in [0.05, 0.1) is 12.1 Å². The number of aromatic nitrogens is 2. The van der Waals surface area contributed by atoms with Gasteiger partial charge in [0.1, 0.15) is 22.2 Å². The molecule has 0 N–H and O–H groups in total. The first-order valence-electron chi connectivity index (χ1n) is 3.58. The van der Waals surface area contributed by atoms with Gasteiger partial charge in [0.15, 0.2) is 0 Å². The zero-order valence-corrected chi connectivity index (χ0v) is 9.13. The molecule has 0 aromatic carbocycles. The zero-order chi connectivity index (χ0) is 9.42. The minimum Gasteiger partial charge on any atom is -0.494 e. The van der Waals surface area contributed by atoms with Crippen LogP contribution in [-0.2, 0) is 0 Å². The summed E-state index contributed by atoms with van der Waals surface area (Å²) in [6.45, 7) is 0. The number of rotatable bonds is 1. The predicted octanol–water partition coefficient (Wildman–Crippen LogP) is 2.76. The largest absolute Gasteiger partial charge is 0.494 e. The molecular formula is C8H6BrClN2O. The van der Waals surface area contributed by atoms with Gasteiger partial charge in [-0.05, 0) is 15.9 Å². The first kappa shape index (κ1) is 8.84. The Hall–Kier alpha value is -0.740. The first-order chi connectivity index (χ1) is 6.22. The van der Waals surface area contributed by atoms with Gasteiger partial charge in [-0.1, -0.05) is 11.6 Å². The van der Waals surface area contributed by atoms with E-state index in [1.807, 2.05) is 4.40 Å². The molecule has 2 aromatic heterocycles. The number of ether oxygens (including phenoxy) is 1. The topological polar surface area (TPSA) is 26.5 Å². The third-order valence-corrected chi connectivity index (χ3v) is 2.52. The summed E-state index contributed by atoms with van der Waals surface area (Å²) in [5.41, 5.74) is 0.881. The highest BCUT2D eigenvalue weighted by molar-refractivity contribution is 9.10. The Kier molecular flexibility index (Phi) is 2.17. The van der Waals surface area contributed by atoms with Crippen LogP contribution in [0.5, 0.6) is 5.75 Å². The van der Waals surface area contributed by atoms with Crippen LogP contribution in [0.25, 0.3) is 5.52 Å². The number of nitrogens with zero attached hydrogens (tertiary/aromatic N) is 2. The number of halogens is 2. The molecule has 0 saturated carbocycles. The molecule has 0 unspecified atom stereocenters. The summed E-state index contributed by atoms with van der Waals surface area (Å²) in [5, 5.41) is 0.620. The average Bonchev–Trinajstić information content (AvgIpc) is 2.46. The van der Waals surface area contributed by atoms with Crippen LogP contribution in [0.3, 0.4) is 0 Å². The van der Waals surface area contributed by atoms with E-state index >= 15 is 0 Å². The van der Waals surface area contributed by atoms with Gasteiger partial charge in [-0.15, -0.1) is 0 Å². The van der Waals surface area contributed by atoms with E-state index in [1.165, 1.54) is 0 Å². The first-order valence-corrected chi connectivity index (χ1v) is 4.75. The number of imidazole rings is 1. The lowest BCUT2D eigenvalue weighted by atomic mass is 10.4. The fraction of sp³-hybridized carbons (Fsp3) is 0.125. The molecule has 0 radical (unpaired) electrons. The molecule has 2 rings (SSSR count). The van der Waals surface area contributed by atoms with Crippen LogP contribution in [-0.4, -0.2) is 16.5 Å². The summed E-state index contributed by atoms with van der Waals surface area (Å²) in [4.78, 5) is 4.09. The molecule has 0 bridgehead atoms. The molecule has 68 valence electrons. The van der Waals surface area contributed by atoms with Gasteiger partial charge in [0.2, 0.25) is 0 Å². The van der Waals surface area contributed by atoms with Gasteiger partial charge in [-0.25, -0.2) is 4.98 Å². The van der Waals surface area contributed by atoms with Crippen LogP contribution in [0, 0.1) is 0 Å². The smallest absolute Gasteiger partial charge is 0.147 e. The summed E-state index contributed by atoms with van der Waals surface area (Å²) in [6, 6.07) is 1.75. The molecule has 0 atom stereocenters. The van der Waals surface area contributed by atoms with Crippen LogP contribution in [0.2, 0.25) is 5.02 Å². The van der Waals surface area contributed by atoms with Crippen molar-refractivity contribution >= 4 is 33.0 Å². The zero-order valence-electron chi connectivity index (χ0n) is 6.79. The van der Waals surface area contributed by atoms with Crippen LogP contribution < -0.4 is 4.74 Å². The van der Waals surface area contributed by atoms with Crippen molar-refractivity contribution in [3.8, 4) is 5.75 Å². The molecule has 2 aromatic rings. The Labute approximate surface area is 88.4 Å². The number of pyridine rings is 1. The fourth-order valence-electron chi connectivity index (χ4n) is 1.18. The Morgan fingerprint density at radius 3 is 3.08 bits per heavy atom. The van der Waals surface area contributed by atoms with Crippen LogP contribution in [0.1, 0.15) is 0 Å². The summed E-state index contributed by atoms with van der Waals surface area (Å²) in [5.74, 6) is 0.705. The normalized spacial score (nSPS) is 10.7.